The highest BCUT2D eigenvalue weighted by Gasteiger charge is 2.60. The topological polar surface area (TPSA) is 43.6 Å². The van der Waals surface area contributed by atoms with Crippen molar-refractivity contribution in [1.29, 1.82) is 0 Å². The van der Waals surface area contributed by atoms with E-state index in [-0.39, 0.29) is 0 Å². The Morgan fingerprint density at radius 2 is 0.814 bits per heavy atom. The summed E-state index contributed by atoms with van der Waals surface area (Å²) in [6.45, 7) is 0. The van der Waals surface area contributed by atoms with Gasteiger partial charge < -0.3 is 4.57 Å². The number of fused-ring (bicyclic) bond motifs is 22. The van der Waals surface area contributed by atoms with Crippen molar-refractivity contribution in [3.05, 3.63) is 310 Å². The Morgan fingerprint density at radius 3 is 1.50 bits per heavy atom. The molecule has 0 aliphatic heterocycles. The molecule has 70 heavy (non-hydrogen) atoms. The van der Waals surface area contributed by atoms with Gasteiger partial charge in [-0.2, -0.15) is 0 Å². The van der Waals surface area contributed by atoms with Crippen molar-refractivity contribution in [2.24, 2.45) is 0 Å². The molecule has 0 bridgehead atoms. The molecule has 0 amide bonds. The van der Waals surface area contributed by atoms with Crippen LogP contribution in [0.5, 0.6) is 0 Å². The number of pyridine rings is 3. The van der Waals surface area contributed by atoms with E-state index < -0.39 is 16.2 Å². The second-order valence-electron chi connectivity index (χ2n) is 19.3. The van der Waals surface area contributed by atoms with Crippen LogP contribution in [0.4, 0.5) is 0 Å². The zero-order chi connectivity index (χ0) is 45.8. The van der Waals surface area contributed by atoms with Crippen LogP contribution in [0.1, 0.15) is 66.8 Å². The zero-order valence-electron chi connectivity index (χ0n) is 37.9. The molecule has 0 radical (unpaired) electrons. The third-order valence-electron chi connectivity index (χ3n) is 16.5. The van der Waals surface area contributed by atoms with Crippen molar-refractivity contribution in [3.8, 4) is 39.3 Å². The average Bonchev–Trinajstić information content (AvgIpc) is 4.12. The van der Waals surface area contributed by atoms with Gasteiger partial charge in [0.1, 0.15) is 0 Å². The van der Waals surface area contributed by atoms with Gasteiger partial charge in [-0.25, -0.2) is 0 Å². The van der Waals surface area contributed by atoms with Gasteiger partial charge in [0.2, 0.25) is 0 Å². The van der Waals surface area contributed by atoms with Crippen LogP contribution in [0.3, 0.4) is 0 Å². The number of para-hydroxylation sites is 1. The highest BCUT2D eigenvalue weighted by molar-refractivity contribution is 6.09. The smallest absolute Gasteiger partial charge is 0.0939 e. The molecular weight excluding hydrogens is 849 g/mol. The fraction of sp³-hybridized carbons (Fsp3) is 0.0455. The molecular formula is C66H40N4. The summed E-state index contributed by atoms with van der Waals surface area (Å²) >= 11 is 0. The first kappa shape index (κ1) is 38.0. The number of hydrogen-bond donors (Lipinski definition) is 0. The van der Waals surface area contributed by atoms with Crippen molar-refractivity contribution in [2.45, 2.75) is 16.2 Å². The van der Waals surface area contributed by atoms with Crippen LogP contribution in [-0.4, -0.2) is 19.5 Å². The first-order valence-corrected chi connectivity index (χ1v) is 24.2. The minimum atomic E-state index is -0.830. The summed E-state index contributed by atoms with van der Waals surface area (Å²) in [5.41, 5.74) is 22.9. The fourth-order valence-corrected chi connectivity index (χ4v) is 14.1. The Labute approximate surface area is 404 Å². The van der Waals surface area contributed by atoms with E-state index in [1.165, 1.54) is 83.3 Å². The summed E-state index contributed by atoms with van der Waals surface area (Å²) in [4.78, 5) is 15.5. The number of aromatic nitrogens is 4. The van der Waals surface area contributed by atoms with E-state index in [9.17, 15) is 0 Å². The largest absolute Gasteiger partial charge is 0.306 e. The molecule has 0 N–H and O–H groups in total. The second kappa shape index (κ2) is 13.6. The normalized spacial score (nSPS) is 16.6. The molecule has 1 unspecified atom stereocenters. The Balaban J connectivity index is 1.12. The van der Waals surface area contributed by atoms with Crippen LogP contribution >= 0.6 is 0 Å². The maximum Gasteiger partial charge on any atom is 0.0939 e. The lowest BCUT2D eigenvalue weighted by molar-refractivity contribution is 0.620. The zero-order valence-corrected chi connectivity index (χ0v) is 37.9. The van der Waals surface area contributed by atoms with Gasteiger partial charge in [-0.1, -0.05) is 188 Å². The third kappa shape index (κ3) is 4.38. The number of hydrogen-bond acceptors (Lipinski definition) is 3. The van der Waals surface area contributed by atoms with Crippen LogP contribution in [0, 0.1) is 0 Å². The number of benzene rings is 8. The van der Waals surface area contributed by atoms with Gasteiger partial charge in [0, 0.05) is 28.7 Å². The molecule has 4 aliphatic rings. The summed E-state index contributed by atoms with van der Waals surface area (Å²) in [6, 6.07) is 82.2. The van der Waals surface area contributed by atoms with Crippen molar-refractivity contribution >= 4 is 21.8 Å². The molecule has 4 aromatic heterocycles. The Kier molecular flexibility index (Phi) is 7.38. The van der Waals surface area contributed by atoms with Gasteiger partial charge in [-0.05, 0) is 114 Å². The Morgan fingerprint density at radius 1 is 0.300 bits per heavy atom. The Hall–Kier alpha value is -8.99. The maximum absolute atomic E-state index is 5.53. The molecule has 12 aromatic rings. The molecule has 4 aliphatic carbocycles. The standard InChI is InChI=1S/C66H40N4/c1-3-18-41(19-4-1)64(42-20-5-2-6-21-42)53-29-14-15-30-54(53)66(55-31-17-34-68-62(55)63-59(66)36-43(39-69-63)70-60-32-16-10-25-47(60)48-33-35-67-40-61(48)70)57-37-49-46-24-9-13-28-52(46)65(56(49)38-58(57)64)50-26-11-7-22-44(50)45-23-8-12-27-51(45)65/h1-40H. The number of nitrogens with zero attached hydrogens (tertiary/aromatic N) is 4. The van der Waals surface area contributed by atoms with E-state index >= 15 is 0 Å². The monoisotopic (exact) mass is 888 g/mol. The van der Waals surface area contributed by atoms with Crippen molar-refractivity contribution in [2.75, 3.05) is 0 Å². The van der Waals surface area contributed by atoms with Crippen LogP contribution in [-0.2, 0) is 16.2 Å². The van der Waals surface area contributed by atoms with Gasteiger partial charge >= 0.3 is 0 Å². The molecule has 4 nitrogen and oxygen atoms in total. The molecule has 2 spiro atoms. The maximum atomic E-state index is 5.53. The molecule has 0 saturated heterocycles. The second-order valence-corrected chi connectivity index (χ2v) is 19.3. The molecule has 0 fully saturated rings. The summed E-state index contributed by atoms with van der Waals surface area (Å²) in [7, 11) is 0. The Bertz CT molecular complexity index is 4070. The first-order chi connectivity index (χ1) is 34.7. The van der Waals surface area contributed by atoms with Gasteiger partial charge in [0.05, 0.1) is 56.7 Å². The van der Waals surface area contributed by atoms with E-state index in [2.05, 4.69) is 228 Å². The predicted octanol–water partition coefficient (Wildman–Crippen LogP) is 14.4. The SMILES string of the molecule is c1ccc(C2(c3ccccc3)c3ccccc3C3(c4cc5c(cc42)C2(c4ccccc4-c4ccccc42)c2ccccc2-5)c2cccnc2-c2ncc(-n4c5ccccc5c5ccncc54)cc23)cc1. The van der Waals surface area contributed by atoms with E-state index in [1.807, 2.05) is 24.8 Å². The number of rotatable bonds is 3. The lowest BCUT2D eigenvalue weighted by atomic mass is 9.51. The minimum Gasteiger partial charge on any atom is -0.306 e. The minimum absolute atomic E-state index is 0.552. The van der Waals surface area contributed by atoms with Gasteiger partial charge in [-0.3, -0.25) is 15.0 Å². The van der Waals surface area contributed by atoms with Crippen molar-refractivity contribution < 1.29 is 0 Å². The van der Waals surface area contributed by atoms with E-state index in [0.29, 0.717) is 0 Å². The molecule has 16 rings (SSSR count). The third-order valence-corrected chi connectivity index (χ3v) is 16.5. The summed E-state index contributed by atoms with van der Waals surface area (Å²) < 4.78 is 2.35. The van der Waals surface area contributed by atoms with E-state index in [4.69, 9.17) is 9.97 Å². The molecule has 4 heteroatoms. The van der Waals surface area contributed by atoms with Crippen molar-refractivity contribution in [1.82, 2.24) is 19.5 Å². The molecule has 0 saturated carbocycles. The highest BCUT2D eigenvalue weighted by atomic mass is 15.0. The molecule has 324 valence electrons. The summed E-state index contributed by atoms with van der Waals surface area (Å²) in [6.07, 6.45) is 7.86. The lowest BCUT2D eigenvalue weighted by Crippen LogP contribution is -2.45. The molecule has 8 aromatic carbocycles. The van der Waals surface area contributed by atoms with Crippen LogP contribution in [0.15, 0.2) is 243 Å². The van der Waals surface area contributed by atoms with Crippen LogP contribution < -0.4 is 0 Å². The lowest BCUT2D eigenvalue weighted by Gasteiger charge is -2.50. The van der Waals surface area contributed by atoms with Gasteiger partial charge in [0.25, 0.3) is 0 Å². The summed E-state index contributed by atoms with van der Waals surface area (Å²) in [5.74, 6) is 0. The highest BCUT2D eigenvalue weighted by Crippen LogP contribution is 2.68. The summed E-state index contributed by atoms with van der Waals surface area (Å²) in [5, 5.41) is 2.34. The predicted molar refractivity (Wildman–Crippen MR) is 280 cm³/mol. The fourth-order valence-electron chi connectivity index (χ4n) is 14.1. The van der Waals surface area contributed by atoms with E-state index in [0.717, 1.165) is 44.6 Å². The van der Waals surface area contributed by atoms with Crippen LogP contribution in [0.2, 0.25) is 0 Å². The van der Waals surface area contributed by atoms with Gasteiger partial charge in [0.15, 0.2) is 0 Å². The quantitative estimate of drug-likeness (QED) is 0.178. The first-order valence-electron chi connectivity index (χ1n) is 24.2. The van der Waals surface area contributed by atoms with Gasteiger partial charge in [-0.15, -0.1) is 0 Å². The molecule has 1 atom stereocenters. The average molecular weight is 889 g/mol. The van der Waals surface area contributed by atoms with Crippen LogP contribution in [0.25, 0.3) is 61.1 Å². The van der Waals surface area contributed by atoms with Crippen molar-refractivity contribution in [3.63, 3.8) is 0 Å². The molecule has 4 heterocycles. The van der Waals surface area contributed by atoms with E-state index in [1.54, 1.807) is 0 Å².